The molecule has 1 aromatic carbocycles. The Morgan fingerprint density at radius 1 is 1.10 bits per heavy atom. The molecule has 0 saturated heterocycles. The molecule has 1 rings (SSSR count). The van der Waals surface area contributed by atoms with E-state index in [1.807, 2.05) is 0 Å². The van der Waals surface area contributed by atoms with Crippen LogP contribution in [0.2, 0.25) is 0 Å². The van der Waals surface area contributed by atoms with Crippen molar-refractivity contribution < 1.29 is 13.2 Å². The first-order chi connectivity index (χ1) is 9.72. The third-order valence-electron chi connectivity index (χ3n) is 2.82. The van der Waals surface area contributed by atoms with Crippen molar-refractivity contribution in [2.45, 2.75) is 45.1 Å². The van der Waals surface area contributed by atoms with Crippen molar-refractivity contribution in [1.82, 2.24) is 10.0 Å². The average molecular weight is 312 g/mol. The van der Waals surface area contributed by atoms with E-state index < -0.39 is 10.0 Å². The summed E-state index contributed by atoms with van der Waals surface area (Å²) in [6, 6.07) is 5.78. The lowest BCUT2D eigenvalue weighted by molar-refractivity contribution is 0.0952. The Bertz CT molecular complexity index is 563. The van der Waals surface area contributed by atoms with Crippen molar-refractivity contribution >= 4 is 15.9 Å². The molecule has 2 N–H and O–H groups in total. The molecule has 0 aliphatic carbocycles. The van der Waals surface area contributed by atoms with Crippen LogP contribution in [0.4, 0.5) is 0 Å². The highest BCUT2D eigenvalue weighted by Gasteiger charge is 2.15. The minimum absolute atomic E-state index is 0.162. The molecule has 6 heteroatoms. The molecule has 0 heterocycles. The van der Waals surface area contributed by atoms with Gasteiger partial charge in [0.15, 0.2) is 0 Å². The Hall–Kier alpha value is -1.40. The van der Waals surface area contributed by atoms with Gasteiger partial charge >= 0.3 is 0 Å². The number of nitrogens with one attached hydrogen (secondary N) is 2. The van der Waals surface area contributed by atoms with Crippen LogP contribution in [0.5, 0.6) is 0 Å². The smallest absolute Gasteiger partial charge is 0.251 e. The lowest BCUT2D eigenvalue weighted by Crippen LogP contribution is -2.30. The molecule has 0 spiro atoms. The Kier molecular flexibility index (Phi) is 6.36. The van der Waals surface area contributed by atoms with Gasteiger partial charge in [-0.25, -0.2) is 13.1 Å². The standard InChI is InChI=1S/C15H24N2O3S/c1-11(2)9-10-16-15(18)13-5-7-14(8-6-13)21(19,20)17-12(3)4/h5-8,11-12,17H,9-10H2,1-4H3,(H,16,18). The topological polar surface area (TPSA) is 75.3 Å². The summed E-state index contributed by atoms with van der Waals surface area (Å²) >= 11 is 0. The fourth-order valence-electron chi connectivity index (χ4n) is 1.74. The summed E-state index contributed by atoms with van der Waals surface area (Å²) < 4.78 is 26.4. The summed E-state index contributed by atoms with van der Waals surface area (Å²) in [5.74, 6) is 0.344. The van der Waals surface area contributed by atoms with Crippen LogP contribution in [0.3, 0.4) is 0 Å². The number of carbonyl (C=O) groups is 1. The predicted octanol–water partition coefficient (Wildman–Crippen LogP) is 2.15. The van der Waals surface area contributed by atoms with Gasteiger partial charge < -0.3 is 5.32 Å². The maximum Gasteiger partial charge on any atom is 0.251 e. The Morgan fingerprint density at radius 3 is 2.14 bits per heavy atom. The second-order valence-corrected chi connectivity index (χ2v) is 7.45. The minimum atomic E-state index is -3.51. The van der Waals surface area contributed by atoms with Crippen LogP contribution in [-0.4, -0.2) is 26.9 Å². The highest BCUT2D eigenvalue weighted by molar-refractivity contribution is 7.89. The van der Waals surface area contributed by atoms with Crippen LogP contribution >= 0.6 is 0 Å². The first-order valence-corrected chi connectivity index (χ1v) is 8.61. The fourth-order valence-corrected chi connectivity index (χ4v) is 2.99. The number of hydrogen-bond acceptors (Lipinski definition) is 3. The van der Waals surface area contributed by atoms with Crippen LogP contribution in [0, 0.1) is 5.92 Å². The van der Waals surface area contributed by atoms with Crippen molar-refractivity contribution in [3.8, 4) is 0 Å². The van der Waals surface area contributed by atoms with Gasteiger partial charge in [0.05, 0.1) is 4.90 Å². The van der Waals surface area contributed by atoms with E-state index in [1.165, 1.54) is 24.3 Å². The van der Waals surface area contributed by atoms with Crippen molar-refractivity contribution in [2.24, 2.45) is 5.92 Å². The third kappa shape index (κ3) is 5.85. The van der Waals surface area contributed by atoms with Crippen molar-refractivity contribution in [3.05, 3.63) is 29.8 Å². The number of carbonyl (C=O) groups excluding carboxylic acids is 1. The number of amides is 1. The number of sulfonamides is 1. The predicted molar refractivity (Wildman–Crippen MR) is 83.7 cm³/mol. The molecule has 0 aliphatic rings. The Balaban J connectivity index is 2.72. The number of benzene rings is 1. The van der Waals surface area contributed by atoms with Gasteiger partial charge in [0.1, 0.15) is 0 Å². The van der Waals surface area contributed by atoms with E-state index in [1.54, 1.807) is 13.8 Å². The van der Waals surface area contributed by atoms with Gasteiger partial charge in [-0.05, 0) is 50.5 Å². The quantitative estimate of drug-likeness (QED) is 0.810. The summed E-state index contributed by atoms with van der Waals surface area (Å²) in [7, 11) is -3.51. The lowest BCUT2D eigenvalue weighted by Gasteiger charge is -2.10. The molecule has 0 bridgehead atoms. The van der Waals surface area contributed by atoms with Gasteiger partial charge in [-0.3, -0.25) is 4.79 Å². The van der Waals surface area contributed by atoms with Crippen LogP contribution in [-0.2, 0) is 10.0 Å². The van der Waals surface area contributed by atoms with Crippen molar-refractivity contribution in [3.63, 3.8) is 0 Å². The zero-order valence-electron chi connectivity index (χ0n) is 13.0. The summed E-state index contributed by atoms with van der Waals surface area (Å²) in [5.41, 5.74) is 0.460. The summed E-state index contributed by atoms with van der Waals surface area (Å²) in [6.07, 6.45) is 0.913. The van der Waals surface area contributed by atoms with Gasteiger partial charge in [0, 0.05) is 18.2 Å². The largest absolute Gasteiger partial charge is 0.352 e. The van der Waals surface area contributed by atoms with E-state index >= 15 is 0 Å². The van der Waals surface area contributed by atoms with E-state index in [0.717, 1.165) is 6.42 Å². The molecule has 0 unspecified atom stereocenters. The molecular formula is C15H24N2O3S. The third-order valence-corrected chi connectivity index (χ3v) is 4.50. The first kappa shape index (κ1) is 17.7. The maximum atomic E-state index is 12.0. The molecule has 0 saturated carbocycles. The van der Waals surface area contributed by atoms with Crippen molar-refractivity contribution in [1.29, 1.82) is 0 Å². The highest BCUT2D eigenvalue weighted by Crippen LogP contribution is 2.11. The van der Waals surface area contributed by atoms with Crippen molar-refractivity contribution in [2.75, 3.05) is 6.54 Å². The molecule has 0 aliphatic heterocycles. The molecule has 1 amide bonds. The van der Waals surface area contributed by atoms with E-state index in [4.69, 9.17) is 0 Å². The molecular weight excluding hydrogens is 288 g/mol. The van der Waals surface area contributed by atoms with Gasteiger partial charge in [0.25, 0.3) is 5.91 Å². The molecule has 0 atom stereocenters. The van der Waals surface area contributed by atoms with Gasteiger partial charge in [0.2, 0.25) is 10.0 Å². The fraction of sp³-hybridized carbons (Fsp3) is 0.533. The second-order valence-electron chi connectivity index (χ2n) is 5.74. The van der Waals surface area contributed by atoms with Crippen LogP contribution < -0.4 is 10.0 Å². The van der Waals surface area contributed by atoms with E-state index in [-0.39, 0.29) is 16.8 Å². The van der Waals surface area contributed by atoms with E-state index in [2.05, 4.69) is 23.9 Å². The summed E-state index contributed by atoms with van der Waals surface area (Å²) in [4.78, 5) is 12.1. The maximum absolute atomic E-state index is 12.0. The zero-order valence-corrected chi connectivity index (χ0v) is 13.8. The van der Waals surface area contributed by atoms with Gasteiger partial charge in [-0.2, -0.15) is 0 Å². The molecule has 118 valence electrons. The monoisotopic (exact) mass is 312 g/mol. The Labute approximate surface area is 127 Å². The molecule has 0 fully saturated rings. The minimum Gasteiger partial charge on any atom is -0.352 e. The van der Waals surface area contributed by atoms with Gasteiger partial charge in [-0.15, -0.1) is 0 Å². The van der Waals surface area contributed by atoms with E-state index in [0.29, 0.717) is 18.0 Å². The Morgan fingerprint density at radius 2 is 1.67 bits per heavy atom. The first-order valence-electron chi connectivity index (χ1n) is 7.13. The molecule has 1 aromatic rings. The van der Waals surface area contributed by atoms with Crippen LogP contribution in [0.25, 0.3) is 0 Å². The molecule has 0 aromatic heterocycles. The van der Waals surface area contributed by atoms with E-state index in [9.17, 15) is 13.2 Å². The lowest BCUT2D eigenvalue weighted by atomic mass is 10.1. The van der Waals surface area contributed by atoms with Crippen LogP contribution in [0.1, 0.15) is 44.5 Å². The highest BCUT2D eigenvalue weighted by atomic mass is 32.2. The zero-order chi connectivity index (χ0) is 16.0. The summed E-state index contributed by atoms with van der Waals surface area (Å²) in [5, 5.41) is 2.82. The van der Waals surface area contributed by atoms with Crippen LogP contribution in [0.15, 0.2) is 29.2 Å². The summed E-state index contributed by atoms with van der Waals surface area (Å²) in [6.45, 7) is 8.31. The number of hydrogen-bond donors (Lipinski definition) is 2. The molecule has 0 radical (unpaired) electrons. The average Bonchev–Trinajstić information content (AvgIpc) is 2.37. The van der Waals surface area contributed by atoms with Gasteiger partial charge in [-0.1, -0.05) is 13.8 Å². The normalized spacial score (nSPS) is 11.9. The molecule has 21 heavy (non-hydrogen) atoms. The number of rotatable bonds is 7. The SMILES string of the molecule is CC(C)CCNC(=O)c1ccc(S(=O)(=O)NC(C)C)cc1. The molecule has 5 nitrogen and oxygen atoms in total. The second kappa shape index (κ2) is 7.56.